The van der Waals surface area contributed by atoms with Gasteiger partial charge in [-0.3, -0.25) is 4.79 Å². The minimum Gasteiger partial charge on any atom is -0.335 e. The number of alkyl halides is 1. The van der Waals surface area contributed by atoms with E-state index in [2.05, 4.69) is 5.92 Å². The number of benzene rings is 1. The minimum atomic E-state index is -1.99. The lowest BCUT2D eigenvalue weighted by atomic mass is 9.99. The summed E-state index contributed by atoms with van der Waals surface area (Å²) >= 11 is 0. The number of aromatic nitrogens is 1. The van der Waals surface area contributed by atoms with Crippen molar-refractivity contribution < 1.29 is 9.18 Å². The van der Waals surface area contributed by atoms with Gasteiger partial charge in [0.05, 0.1) is 6.54 Å². The molecule has 0 N–H and O–H groups in total. The third kappa shape index (κ3) is 1.83. The molecule has 0 bridgehead atoms. The summed E-state index contributed by atoms with van der Waals surface area (Å²) in [7, 11) is 0. The summed E-state index contributed by atoms with van der Waals surface area (Å²) in [6.45, 7) is 1.61. The Balaban J connectivity index is 2.73. The van der Waals surface area contributed by atoms with Crippen LogP contribution in [0.2, 0.25) is 0 Å². The summed E-state index contributed by atoms with van der Waals surface area (Å²) in [6, 6.07) is 7.32. The molecule has 1 aromatic heterocycles. The second kappa shape index (κ2) is 4.06. The zero-order valence-electron chi connectivity index (χ0n) is 9.48. The molecule has 0 radical (unpaired) electrons. The molecule has 0 amide bonds. The van der Waals surface area contributed by atoms with E-state index in [9.17, 15) is 9.18 Å². The van der Waals surface area contributed by atoms with Gasteiger partial charge >= 0.3 is 0 Å². The van der Waals surface area contributed by atoms with Crippen molar-refractivity contribution in [2.24, 2.45) is 0 Å². The van der Waals surface area contributed by atoms with E-state index < -0.39 is 5.67 Å². The maximum absolute atomic E-state index is 14.1. The van der Waals surface area contributed by atoms with Gasteiger partial charge in [0.15, 0.2) is 12.0 Å². The highest BCUT2D eigenvalue weighted by molar-refractivity contribution is 5.88. The summed E-state index contributed by atoms with van der Waals surface area (Å²) in [5.41, 5.74) is -0.788. The van der Waals surface area contributed by atoms with Gasteiger partial charge in [-0.2, -0.15) is 0 Å². The highest BCUT2D eigenvalue weighted by Gasteiger charge is 2.29. The van der Waals surface area contributed by atoms with Crippen LogP contribution in [0, 0.1) is 12.3 Å². The second-order valence-corrected chi connectivity index (χ2v) is 4.09. The molecule has 1 heterocycles. The fourth-order valence-electron chi connectivity index (χ4n) is 1.93. The Kier molecular flexibility index (Phi) is 2.72. The number of para-hydroxylation sites is 1. The molecule has 0 aliphatic carbocycles. The van der Waals surface area contributed by atoms with E-state index in [0.29, 0.717) is 18.4 Å². The van der Waals surface area contributed by atoms with Crippen LogP contribution in [-0.4, -0.2) is 10.9 Å². The van der Waals surface area contributed by atoms with Crippen molar-refractivity contribution in [3.63, 3.8) is 0 Å². The number of carbonyl (C=O) groups is 1. The Morgan fingerprint density at radius 3 is 2.88 bits per heavy atom. The van der Waals surface area contributed by atoms with Gasteiger partial charge in [-0.15, -0.1) is 6.42 Å². The van der Waals surface area contributed by atoms with Crippen LogP contribution in [0.3, 0.4) is 0 Å². The van der Waals surface area contributed by atoms with Crippen molar-refractivity contribution in [2.45, 2.75) is 19.1 Å². The Morgan fingerprint density at radius 1 is 1.53 bits per heavy atom. The Bertz CT molecular complexity index is 604. The van der Waals surface area contributed by atoms with Gasteiger partial charge in [0, 0.05) is 22.7 Å². The molecule has 1 unspecified atom stereocenters. The van der Waals surface area contributed by atoms with Gasteiger partial charge in [-0.1, -0.05) is 24.1 Å². The summed E-state index contributed by atoms with van der Waals surface area (Å²) in [5.74, 6) is 2.51. The van der Waals surface area contributed by atoms with Crippen molar-refractivity contribution in [2.75, 3.05) is 0 Å². The van der Waals surface area contributed by atoms with Crippen molar-refractivity contribution in [3.05, 3.63) is 36.0 Å². The zero-order chi connectivity index (χ0) is 12.5. The number of hydrogen-bond donors (Lipinski definition) is 0. The first-order chi connectivity index (χ1) is 8.10. The highest BCUT2D eigenvalue weighted by Crippen LogP contribution is 2.31. The van der Waals surface area contributed by atoms with Crippen LogP contribution in [0.15, 0.2) is 30.5 Å². The number of nitrogens with zero attached hydrogens (tertiary/aromatic N) is 1. The van der Waals surface area contributed by atoms with E-state index in [1.54, 1.807) is 16.8 Å². The summed E-state index contributed by atoms with van der Waals surface area (Å²) in [5, 5.41) is 0.722. The standard InChI is InChI=1S/C14H12FNO/c1-3-8-16-9-12(14(2,15)10-17)11-6-4-5-7-13(11)16/h1,4-7,9-10H,8H2,2H3. The lowest BCUT2D eigenvalue weighted by Crippen LogP contribution is -2.16. The number of halogens is 1. The molecule has 0 aliphatic rings. The van der Waals surface area contributed by atoms with Crippen LogP contribution in [0.5, 0.6) is 0 Å². The van der Waals surface area contributed by atoms with E-state index in [-0.39, 0.29) is 0 Å². The molecule has 0 spiro atoms. The molecule has 17 heavy (non-hydrogen) atoms. The van der Waals surface area contributed by atoms with E-state index in [0.717, 1.165) is 10.9 Å². The first-order valence-electron chi connectivity index (χ1n) is 5.27. The Hall–Kier alpha value is -2.08. The predicted molar refractivity (Wildman–Crippen MR) is 65.3 cm³/mol. The molecule has 86 valence electrons. The Morgan fingerprint density at radius 2 is 2.24 bits per heavy atom. The van der Waals surface area contributed by atoms with Crippen LogP contribution in [-0.2, 0) is 17.0 Å². The number of rotatable bonds is 3. The fourth-order valence-corrected chi connectivity index (χ4v) is 1.93. The normalized spacial score (nSPS) is 14.2. The first kappa shape index (κ1) is 11.4. The van der Waals surface area contributed by atoms with Crippen LogP contribution in [0.25, 0.3) is 10.9 Å². The minimum absolute atomic E-state index is 0.314. The number of terminal acetylenes is 1. The van der Waals surface area contributed by atoms with E-state index >= 15 is 0 Å². The fraction of sp³-hybridized carbons (Fsp3) is 0.214. The molecule has 0 saturated heterocycles. The third-order valence-corrected chi connectivity index (χ3v) is 2.80. The molecule has 1 atom stereocenters. The van der Waals surface area contributed by atoms with Gasteiger partial charge in [-0.25, -0.2) is 4.39 Å². The molecular weight excluding hydrogens is 217 g/mol. The molecule has 2 aromatic rings. The second-order valence-electron chi connectivity index (χ2n) is 4.09. The lowest BCUT2D eigenvalue weighted by Gasteiger charge is -2.10. The molecule has 0 saturated carbocycles. The van der Waals surface area contributed by atoms with Crippen molar-refractivity contribution in [1.29, 1.82) is 0 Å². The topological polar surface area (TPSA) is 22.0 Å². The molecule has 0 aliphatic heterocycles. The van der Waals surface area contributed by atoms with Crippen LogP contribution in [0.1, 0.15) is 12.5 Å². The predicted octanol–water partition coefficient (Wildman–Crippen LogP) is 2.66. The van der Waals surface area contributed by atoms with Gasteiger partial charge < -0.3 is 4.57 Å². The average Bonchev–Trinajstić information content (AvgIpc) is 2.70. The zero-order valence-corrected chi connectivity index (χ0v) is 9.48. The van der Waals surface area contributed by atoms with E-state index in [1.807, 2.05) is 18.2 Å². The SMILES string of the molecule is C#CCn1cc(C(C)(F)C=O)c2ccccc21. The highest BCUT2D eigenvalue weighted by atomic mass is 19.1. The molecule has 1 aromatic carbocycles. The van der Waals surface area contributed by atoms with Crippen molar-refractivity contribution in [3.8, 4) is 12.3 Å². The molecular formula is C14H12FNO. The molecule has 2 rings (SSSR count). The smallest absolute Gasteiger partial charge is 0.190 e. The van der Waals surface area contributed by atoms with E-state index in [1.165, 1.54) is 6.92 Å². The van der Waals surface area contributed by atoms with Gasteiger partial charge in [0.25, 0.3) is 0 Å². The van der Waals surface area contributed by atoms with Crippen LogP contribution < -0.4 is 0 Å². The monoisotopic (exact) mass is 229 g/mol. The van der Waals surface area contributed by atoms with Crippen LogP contribution >= 0.6 is 0 Å². The van der Waals surface area contributed by atoms with Crippen LogP contribution in [0.4, 0.5) is 4.39 Å². The number of carbonyl (C=O) groups excluding carboxylic acids is 1. The maximum atomic E-state index is 14.1. The first-order valence-corrected chi connectivity index (χ1v) is 5.27. The van der Waals surface area contributed by atoms with Gasteiger partial charge in [0.2, 0.25) is 0 Å². The van der Waals surface area contributed by atoms with Gasteiger partial charge in [-0.05, 0) is 13.0 Å². The van der Waals surface area contributed by atoms with Gasteiger partial charge in [0.1, 0.15) is 0 Å². The summed E-state index contributed by atoms with van der Waals surface area (Å²) in [4.78, 5) is 10.8. The Labute approximate surface area is 99.0 Å². The number of fused-ring (bicyclic) bond motifs is 1. The summed E-state index contributed by atoms with van der Waals surface area (Å²) in [6.07, 6.45) is 7.19. The number of hydrogen-bond acceptors (Lipinski definition) is 1. The van der Waals surface area contributed by atoms with Crippen molar-refractivity contribution in [1.82, 2.24) is 4.57 Å². The molecule has 3 heteroatoms. The molecule has 0 fully saturated rings. The van der Waals surface area contributed by atoms with E-state index in [4.69, 9.17) is 6.42 Å². The average molecular weight is 229 g/mol. The molecule has 2 nitrogen and oxygen atoms in total. The summed E-state index contributed by atoms with van der Waals surface area (Å²) < 4.78 is 15.9. The largest absolute Gasteiger partial charge is 0.335 e. The quantitative estimate of drug-likeness (QED) is 0.586. The van der Waals surface area contributed by atoms with Crippen molar-refractivity contribution >= 4 is 17.2 Å². The maximum Gasteiger partial charge on any atom is 0.190 e. The number of aldehydes is 1. The third-order valence-electron chi connectivity index (χ3n) is 2.80. The lowest BCUT2D eigenvalue weighted by molar-refractivity contribution is -0.117.